The molecule has 8 nitrogen and oxygen atoms in total. The maximum absolute atomic E-state index is 12.2. The number of aromatic carboxylic acids is 1. The smallest absolute Gasteiger partial charge is 0.182 e. The standard InChI is InChI=1S/C32H37N3O5S/c1-6-14-34(2,3)16-17-35(4,5)15-13-33-31(41)21-7-10-24(32(38)39)27(18-21)30-25-11-8-22(36)19-28(25)40-29-20-23(37)9-12-26(29)30/h7-12,18-20H,6,13-17H2,1-5H3,(H-2,33,36,37,38,39,41). The van der Waals surface area contributed by atoms with E-state index in [0.29, 0.717) is 39.2 Å². The summed E-state index contributed by atoms with van der Waals surface area (Å²) in [4.78, 5) is 24.8. The van der Waals surface area contributed by atoms with E-state index in [1.54, 1.807) is 24.3 Å². The summed E-state index contributed by atoms with van der Waals surface area (Å²) in [6, 6.07) is 13.5. The Hall–Kier alpha value is -3.79. The first kappa shape index (κ1) is 30.2. The number of nitrogens with zero attached hydrogens (tertiary/aromatic N) is 2. The molecule has 1 heterocycles. The summed E-state index contributed by atoms with van der Waals surface area (Å²) in [5, 5.41) is 28.2. The number of fused-ring (bicyclic) bond motifs is 2. The molecule has 1 aliphatic carbocycles. The Labute approximate surface area is 246 Å². The van der Waals surface area contributed by atoms with Crippen molar-refractivity contribution in [1.82, 2.24) is 5.32 Å². The lowest BCUT2D eigenvalue weighted by Gasteiger charge is -2.35. The highest BCUT2D eigenvalue weighted by Crippen LogP contribution is 2.41. The number of rotatable bonds is 11. The minimum absolute atomic E-state index is 0.0339. The van der Waals surface area contributed by atoms with Gasteiger partial charge in [-0.05, 0) is 36.2 Å². The fourth-order valence-corrected chi connectivity index (χ4v) is 5.38. The molecular weight excluding hydrogens is 538 g/mol. The normalized spacial score (nSPS) is 12.1. The molecule has 2 aromatic rings. The fraction of sp³-hybridized carbons (Fsp3) is 0.344. The third-order valence-corrected chi connectivity index (χ3v) is 7.96. The van der Waals surface area contributed by atoms with Crippen LogP contribution < -0.4 is 21.0 Å². The number of likely N-dealkylation sites (N-methyl/N-ethyl adjacent to an activating group) is 2. The molecule has 0 amide bonds. The molecule has 0 atom stereocenters. The van der Waals surface area contributed by atoms with Crippen molar-refractivity contribution in [3.63, 3.8) is 0 Å². The van der Waals surface area contributed by atoms with Gasteiger partial charge in [0.1, 0.15) is 29.4 Å². The van der Waals surface area contributed by atoms with Gasteiger partial charge in [-0.3, -0.25) is 4.79 Å². The number of carboxylic acid groups (broad SMARTS) is 1. The molecule has 41 heavy (non-hydrogen) atoms. The van der Waals surface area contributed by atoms with Gasteiger partial charge >= 0.3 is 0 Å². The van der Waals surface area contributed by atoms with Gasteiger partial charge in [-0.2, -0.15) is 0 Å². The second-order valence-corrected chi connectivity index (χ2v) is 12.3. The highest BCUT2D eigenvalue weighted by molar-refractivity contribution is 7.80. The first-order valence-electron chi connectivity index (χ1n) is 13.8. The zero-order valence-electron chi connectivity index (χ0n) is 24.3. The number of carbonyl (C=O) groups excluding carboxylic acids is 1. The van der Waals surface area contributed by atoms with E-state index < -0.39 is 5.97 Å². The lowest BCUT2D eigenvalue weighted by Crippen LogP contribution is -2.53. The largest absolute Gasteiger partial charge is 0.872 e. The number of hydrogen-bond acceptors (Lipinski definition) is 6. The molecule has 0 spiro atoms. The summed E-state index contributed by atoms with van der Waals surface area (Å²) in [5.41, 5.74) is 2.03. The molecule has 2 aromatic carbocycles. The monoisotopic (exact) mass is 575 g/mol. The van der Waals surface area contributed by atoms with Gasteiger partial charge < -0.3 is 33.7 Å². The summed E-state index contributed by atoms with van der Waals surface area (Å²) in [7, 11) is 8.94. The molecule has 0 radical (unpaired) electrons. The van der Waals surface area contributed by atoms with E-state index in [4.69, 9.17) is 16.6 Å². The van der Waals surface area contributed by atoms with Gasteiger partial charge in [0, 0.05) is 33.7 Å². The van der Waals surface area contributed by atoms with E-state index in [0.717, 1.165) is 41.6 Å². The topological polar surface area (TPSA) is 105 Å². The van der Waals surface area contributed by atoms with Crippen LogP contribution in [0.1, 0.15) is 29.3 Å². The van der Waals surface area contributed by atoms with Crippen LogP contribution in [0.4, 0.5) is 0 Å². The number of hydrogen-bond donors (Lipinski definition) is 1. The summed E-state index contributed by atoms with van der Waals surface area (Å²) in [6.07, 6.45) is 1.15. The highest BCUT2D eigenvalue weighted by Gasteiger charge is 2.23. The van der Waals surface area contributed by atoms with E-state index in [-0.39, 0.29) is 28.1 Å². The van der Waals surface area contributed by atoms with Crippen molar-refractivity contribution >= 4 is 34.1 Å². The van der Waals surface area contributed by atoms with Gasteiger partial charge in [0.2, 0.25) is 0 Å². The quantitative estimate of drug-likeness (QED) is 0.167. The van der Waals surface area contributed by atoms with Crippen molar-refractivity contribution in [1.29, 1.82) is 0 Å². The number of thiocarbonyl (C=S) groups is 1. The summed E-state index contributed by atoms with van der Waals surface area (Å²) >= 11 is 5.73. The Morgan fingerprint density at radius 1 is 0.902 bits per heavy atom. The van der Waals surface area contributed by atoms with Crippen LogP contribution in [0.3, 0.4) is 0 Å². The predicted molar refractivity (Wildman–Crippen MR) is 162 cm³/mol. The van der Waals surface area contributed by atoms with Crippen LogP contribution in [0.15, 0.2) is 63.8 Å². The van der Waals surface area contributed by atoms with Crippen molar-refractivity contribution in [3.8, 4) is 28.2 Å². The first-order chi connectivity index (χ1) is 19.3. The average Bonchev–Trinajstić information content (AvgIpc) is 2.90. The van der Waals surface area contributed by atoms with Gasteiger partial charge in [0.15, 0.2) is 5.43 Å². The number of carbonyl (C=O) groups is 1. The molecule has 1 aliphatic heterocycles. The van der Waals surface area contributed by atoms with Crippen LogP contribution >= 0.6 is 12.2 Å². The van der Waals surface area contributed by atoms with Crippen molar-refractivity contribution < 1.29 is 28.4 Å². The van der Waals surface area contributed by atoms with Gasteiger partial charge in [-0.25, -0.2) is 0 Å². The van der Waals surface area contributed by atoms with Crippen LogP contribution in [-0.4, -0.2) is 80.8 Å². The zero-order valence-corrected chi connectivity index (χ0v) is 25.1. The lowest BCUT2D eigenvalue weighted by atomic mass is 9.89. The zero-order chi connectivity index (χ0) is 29.9. The van der Waals surface area contributed by atoms with Crippen LogP contribution in [0.2, 0.25) is 0 Å². The molecule has 0 aromatic heterocycles. The maximum atomic E-state index is 12.2. The van der Waals surface area contributed by atoms with Gasteiger partial charge in [0.25, 0.3) is 0 Å². The minimum atomic E-state index is -1.35. The molecule has 9 heteroatoms. The third-order valence-electron chi connectivity index (χ3n) is 7.58. The number of quaternary nitrogens is 2. The Bertz CT molecular complexity index is 1630. The van der Waals surface area contributed by atoms with Crippen molar-refractivity contribution in [2.45, 2.75) is 13.3 Å². The van der Waals surface area contributed by atoms with Crippen LogP contribution in [-0.2, 0) is 0 Å². The number of nitrogens with one attached hydrogen (secondary N) is 1. The Balaban J connectivity index is 1.66. The summed E-state index contributed by atoms with van der Waals surface area (Å²) in [6.45, 7) is 6.97. The molecule has 0 bridgehead atoms. The van der Waals surface area contributed by atoms with E-state index >= 15 is 0 Å². The molecule has 0 saturated carbocycles. The SMILES string of the molecule is CCC[N+](C)(C)CC[N+](C)(C)CCNC(=S)c1ccc(C(=O)[O-])c(-c2c3ccc(=O)cc-3oc3cc([O-])ccc23)c1. The van der Waals surface area contributed by atoms with Crippen molar-refractivity contribution in [3.05, 3.63) is 75.9 Å². The van der Waals surface area contributed by atoms with Crippen molar-refractivity contribution in [2.75, 3.05) is 60.9 Å². The van der Waals surface area contributed by atoms with Crippen LogP contribution in [0, 0.1) is 0 Å². The van der Waals surface area contributed by atoms with Gasteiger partial charge in [-0.15, -0.1) is 5.75 Å². The lowest BCUT2D eigenvalue weighted by molar-refractivity contribution is -0.945. The summed E-state index contributed by atoms with van der Waals surface area (Å²) in [5.74, 6) is -1.36. The molecule has 1 N–H and O–H groups in total. The molecule has 2 aliphatic rings. The number of benzene rings is 3. The van der Waals surface area contributed by atoms with Crippen LogP contribution in [0.25, 0.3) is 33.4 Å². The van der Waals surface area contributed by atoms with E-state index in [9.17, 15) is 19.8 Å². The Kier molecular flexibility index (Phi) is 8.82. The van der Waals surface area contributed by atoms with Gasteiger partial charge in [0.05, 0.1) is 53.8 Å². The molecule has 4 rings (SSSR count). The second-order valence-electron chi connectivity index (χ2n) is 11.9. The van der Waals surface area contributed by atoms with Crippen LogP contribution in [0.5, 0.6) is 5.75 Å². The molecule has 216 valence electrons. The summed E-state index contributed by atoms with van der Waals surface area (Å²) < 4.78 is 7.71. The van der Waals surface area contributed by atoms with E-state index in [2.05, 4.69) is 40.4 Å². The fourth-order valence-electron chi connectivity index (χ4n) is 5.16. The molecule has 0 fully saturated rings. The minimum Gasteiger partial charge on any atom is -0.872 e. The second kappa shape index (κ2) is 12.0. The maximum Gasteiger partial charge on any atom is 0.182 e. The number of carboxylic acids is 1. The molecule has 0 saturated heterocycles. The van der Waals surface area contributed by atoms with Crippen molar-refractivity contribution in [2.24, 2.45) is 0 Å². The molecular formula is C32H37N3O5S. The molecule has 0 unspecified atom stereocenters. The highest BCUT2D eigenvalue weighted by atomic mass is 32.1. The Morgan fingerprint density at radius 3 is 2.29 bits per heavy atom. The average molecular weight is 576 g/mol. The van der Waals surface area contributed by atoms with Gasteiger partial charge in [-0.1, -0.05) is 43.4 Å². The predicted octanol–water partition coefficient (Wildman–Crippen LogP) is 2.83. The van der Waals surface area contributed by atoms with E-state index in [1.807, 2.05) is 0 Å². The third kappa shape index (κ3) is 7.11. The Morgan fingerprint density at radius 2 is 1.61 bits per heavy atom. The van der Waals surface area contributed by atoms with E-state index in [1.165, 1.54) is 30.3 Å². The first-order valence-corrected chi connectivity index (χ1v) is 14.2.